The maximum atomic E-state index is 13.1. The Balaban J connectivity index is 1.26. The fourth-order valence-corrected chi connectivity index (χ4v) is 4.85. The zero-order valence-electron chi connectivity index (χ0n) is 18.0. The third-order valence-electron chi connectivity index (χ3n) is 6.83. The van der Waals surface area contributed by atoms with Crippen LogP contribution in [0.1, 0.15) is 62.4 Å². The van der Waals surface area contributed by atoms with E-state index in [0.29, 0.717) is 43.4 Å². The highest BCUT2D eigenvalue weighted by molar-refractivity contribution is 5.90. The molecule has 10 heteroatoms. The Labute approximate surface area is 186 Å². The number of nitrogens with zero attached hydrogens (tertiary/aromatic N) is 4. The van der Waals surface area contributed by atoms with Crippen LogP contribution in [0.25, 0.3) is 0 Å². The molecule has 0 radical (unpaired) electrons. The van der Waals surface area contributed by atoms with Gasteiger partial charge < -0.3 is 20.4 Å². The number of rotatable bonds is 9. The Kier molecular flexibility index (Phi) is 6.69. The first-order valence-electron chi connectivity index (χ1n) is 11.1. The molecule has 1 saturated carbocycles. The minimum Gasteiger partial charge on any atom is -0.456 e. The van der Waals surface area contributed by atoms with Crippen molar-refractivity contribution in [3.63, 3.8) is 0 Å². The lowest BCUT2D eigenvalue weighted by molar-refractivity contribution is -0.138. The number of nitrogens with one attached hydrogen (secondary N) is 3. The lowest BCUT2D eigenvalue weighted by atomic mass is 9.71. The SMILES string of the molecule is N=CCCC(N=N)c1cnc(CNC2CCC3(CC2)CCN(C2=CC(=O)OC2)C3=O)cn1. The number of ether oxygens (including phenoxy) is 1. The van der Waals surface area contributed by atoms with Gasteiger partial charge in [-0.3, -0.25) is 14.8 Å². The largest absolute Gasteiger partial charge is 0.456 e. The Bertz CT molecular complexity index is 907. The summed E-state index contributed by atoms with van der Waals surface area (Å²) >= 11 is 0. The molecular weight excluding hydrogens is 410 g/mol. The number of amides is 1. The van der Waals surface area contributed by atoms with Gasteiger partial charge in [0.05, 0.1) is 34.9 Å². The molecule has 3 N–H and O–H groups in total. The van der Waals surface area contributed by atoms with Crippen molar-refractivity contribution in [2.45, 2.75) is 63.6 Å². The first kappa shape index (κ1) is 22.2. The summed E-state index contributed by atoms with van der Waals surface area (Å²) in [5, 5.41) is 14.3. The van der Waals surface area contributed by atoms with Crippen LogP contribution in [0.2, 0.25) is 0 Å². The number of aromatic nitrogens is 2. The van der Waals surface area contributed by atoms with Crippen LogP contribution in [-0.2, 0) is 20.9 Å². The highest BCUT2D eigenvalue weighted by Crippen LogP contribution is 2.46. The van der Waals surface area contributed by atoms with Gasteiger partial charge in [-0.05, 0) is 51.2 Å². The third kappa shape index (κ3) is 4.59. The molecule has 1 aromatic rings. The summed E-state index contributed by atoms with van der Waals surface area (Å²) in [5.41, 5.74) is 9.18. The summed E-state index contributed by atoms with van der Waals surface area (Å²) in [6.45, 7) is 1.46. The molecule has 4 rings (SSSR count). The summed E-state index contributed by atoms with van der Waals surface area (Å²) in [5.74, 6) is -0.229. The van der Waals surface area contributed by atoms with E-state index in [4.69, 9.17) is 15.7 Å². The molecule has 1 aliphatic carbocycles. The van der Waals surface area contributed by atoms with Crippen molar-refractivity contribution < 1.29 is 14.3 Å². The van der Waals surface area contributed by atoms with Gasteiger partial charge in [0.15, 0.2) is 0 Å². The van der Waals surface area contributed by atoms with Gasteiger partial charge in [-0.1, -0.05) is 0 Å². The number of carbonyl (C=O) groups excluding carboxylic acids is 2. The van der Waals surface area contributed by atoms with Crippen LogP contribution in [0.5, 0.6) is 0 Å². The van der Waals surface area contributed by atoms with Gasteiger partial charge >= 0.3 is 5.97 Å². The predicted octanol–water partition coefficient (Wildman–Crippen LogP) is 2.67. The number of carbonyl (C=O) groups is 2. The summed E-state index contributed by atoms with van der Waals surface area (Å²) in [4.78, 5) is 35.0. The molecule has 2 fully saturated rings. The fraction of sp³-hybridized carbons (Fsp3) is 0.591. The topological polar surface area (TPSA) is 144 Å². The van der Waals surface area contributed by atoms with Crippen molar-refractivity contribution >= 4 is 18.1 Å². The Hall–Kier alpha value is -3.01. The van der Waals surface area contributed by atoms with Crippen LogP contribution in [0, 0.1) is 16.4 Å². The fourth-order valence-electron chi connectivity index (χ4n) is 4.85. The Morgan fingerprint density at radius 1 is 1.28 bits per heavy atom. The molecule has 1 saturated heterocycles. The van der Waals surface area contributed by atoms with Crippen molar-refractivity contribution in [2.75, 3.05) is 13.2 Å². The van der Waals surface area contributed by atoms with Crippen molar-refractivity contribution in [2.24, 2.45) is 10.5 Å². The van der Waals surface area contributed by atoms with E-state index in [1.54, 1.807) is 17.3 Å². The summed E-state index contributed by atoms with van der Waals surface area (Å²) in [6.07, 6.45) is 11.6. The van der Waals surface area contributed by atoms with E-state index < -0.39 is 0 Å². The van der Waals surface area contributed by atoms with E-state index in [-0.39, 0.29) is 29.9 Å². The lowest BCUT2D eigenvalue weighted by Crippen LogP contribution is -2.42. The zero-order valence-corrected chi connectivity index (χ0v) is 18.0. The molecule has 1 amide bonds. The van der Waals surface area contributed by atoms with Crippen LogP contribution in [-0.4, -0.2) is 52.2 Å². The molecule has 1 spiro atoms. The Morgan fingerprint density at radius 3 is 2.72 bits per heavy atom. The van der Waals surface area contributed by atoms with E-state index in [1.165, 1.54) is 12.3 Å². The molecule has 32 heavy (non-hydrogen) atoms. The predicted molar refractivity (Wildman–Crippen MR) is 115 cm³/mol. The summed E-state index contributed by atoms with van der Waals surface area (Å²) < 4.78 is 4.97. The lowest BCUT2D eigenvalue weighted by Gasteiger charge is -2.36. The summed E-state index contributed by atoms with van der Waals surface area (Å²) in [7, 11) is 0. The van der Waals surface area contributed by atoms with Crippen molar-refractivity contribution in [3.8, 4) is 0 Å². The second-order valence-corrected chi connectivity index (χ2v) is 8.74. The summed E-state index contributed by atoms with van der Waals surface area (Å²) in [6, 6.07) is -0.0306. The van der Waals surface area contributed by atoms with Crippen LogP contribution in [0.4, 0.5) is 0 Å². The standard InChI is InChI=1S/C22H29N7O3/c23-8-1-2-18(28-24)19-13-26-16(12-27-19)11-25-15-3-5-22(6-4-15)7-9-29(21(22)31)17-10-20(30)32-14-17/h8,10,12-13,15,18,23-25H,1-7,9,11,14H2. The first-order valence-corrected chi connectivity index (χ1v) is 11.1. The number of cyclic esters (lactones) is 1. The van der Waals surface area contributed by atoms with Crippen LogP contribution in [0.15, 0.2) is 29.3 Å². The zero-order chi connectivity index (χ0) is 22.6. The third-order valence-corrected chi connectivity index (χ3v) is 6.83. The smallest absolute Gasteiger partial charge is 0.333 e. The van der Waals surface area contributed by atoms with Crippen molar-refractivity contribution in [3.05, 3.63) is 35.6 Å². The molecule has 3 aliphatic rings. The van der Waals surface area contributed by atoms with E-state index >= 15 is 0 Å². The quantitative estimate of drug-likeness (QED) is 0.306. The maximum absolute atomic E-state index is 13.1. The number of likely N-dealkylation sites (tertiary alicyclic amines) is 1. The molecule has 1 aromatic heterocycles. The highest BCUT2D eigenvalue weighted by Gasteiger charge is 2.49. The number of esters is 1. The minimum absolute atomic E-state index is 0.138. The van der Waals surface area contributed by atoms with Gasteiger partial charge in [-0.2, -0.15) is 5.11 Å². The molecule has 0 aromatic carbocycles. The molecule has 170 valence electrons. The van der Waals surface area contributed by atoms with Crippen molar-refractivity contribution in [1.82, 2.24) is 20.2 Å². The van der Waals surface area contributed by atoms with Gasteiger partial charge in [-0.15, -0.1) is 0 Å². The van der Waals surface area contributed by atoms with Crippen LogP contribution < -0.4 is 5.32 Å². The minimum atomic E-state index is -0.367. The van der Waals surface area contributed by atoms with Gasteiger partial charge in [0.2, 0.25) is 5.91 Å². The molecule has 0 bridgehead atoms. The van der Waals surface area contributed by atoms with Gasteiger partial charge in [0, 0.05) is 25.2 Å². The normalized spacial score (nSPS) is 26.2. The van der Waals surface area contributed by atoms with Crippen LogP contribution >= 0.6 is 0 Å². The van der Waals surface area contributed by atoms with Crippen LogP contribution in [0.3, 0.4) is 0 Å². The highest BCUT2D eigenvalue weighted by atomic mass is 16.5. The van der Waals surface area contributed by atoms with Crippen molar-refractivity contribution in [1.29, 1.82) is 10.9 Å². The second kappa shape index (κ2) is 9.64. The van der Waals surface area contributed by atoms with Gasteiger partial charge in [0.1, 0.15) is 12.6 Å². The average Bonchev–Trinajstić information content (AvgIpc) is 3.38. The molecular formula is C22H29N7O3. The number of hydrogen-bond donors (Lipinski definition) is 3. The Morgan fingerprint density at radius 2 is 2.09 bits per heavy atom. The molecule has 10 nitrogen and oxygen atoms in total. The van der Waals surface area contributed by atoms with E-state index in [2.05, 4.69) is 20.4 Å². The first-order chi connectivity index (χ1) is 15.5. The molecule has 3 heterocycles. The average molecular weight is 440 g/mol. The second-order valence-electron chi connectivity index (χ2n) is 8.74. The molecule has 1 unspecified atom stereocenters. The molecule has 2 aliphatic heterocycles. The van der Waals surface area contributed by atoms with Gasteiger partial charge in [0.25, 0.3) is 0 Å². The van der Waals surface area contributed by atoms with E-state index in [0.717, 1.165) is 37.8 Å². The monoisotopic (exact) mass is 439 g/mol. The molecule has 1 atom stereocenters. The van der Waals surface area contributed by atoms with E-state index in [9.17, 15) is 9.59 Å². The number of hydrogen-bond acceptors (Lipinski definition) is 9. The van der Waals surface area contributed by atoms with E-state index in [1.807, 2.05) is 0 Å². The van der Waals surface area contributed by atoms with Gasteiger partial charge in [-0.25, -0.2) is 10.3 Å². The maximum Gasteiger partial charge on any atom is 0.333 e.